The summed E-state index contributed by atoms with van der Waals surface area (Å²) in [5.41, 5.74) is 0.211. The quantitative estimate of drug-likeness (QED) is 0.206. The van der Waals surface area contributed by atoms with Crippen LogP contribution in [-0.2, 0) is 12.4 Å². The van der Waals surface area contributed by atoms with Crippen molar-refractivity contribution in [3.8, 4) is 11.4 Å². The van der Waals surface area contributed by atoms with Gasteiger partial charge in [0.15, 0.2) is 23.4 Å². The molecule has 0 bridgehead atoms. The van der Waals surface area contributed by atoms with Gasteiger partial charge in [0.1, 0.15) is 0 Å². The number of carbonyl (C=O) groups is 1. The Bertz CT molecular complexity index is 1010. The van der Waals surface area contributed by atoms with Gasteiger partial charge in [-0.25, -0.2) is 15.0 Å². The first-order chi connectivity index (χ1) is 15.7. The molecular formula is C17H8Cl6F6N3O2S-. The van der Waals surface area contributed by atoms with Gasteiger partial charge in [-0.3, -0.25) is 0 Å². The number of halogens is 12. The van der Waals surface area contributed by atoms with Crippen molar-refractivity contribution < 1.29 is 36.2 Å². The fourth-order valence-corrected chi connectivity index (χ4v) is 4.12. The molecule has 2 rings (SSSR count). The number of rotatable bonds is 6. The lowest BCUT2D eigenvalue weighted by Crippen LogP contribution is -2.49. The molecule has 0 N–H and O–H groups in total. The molecule has 2 aromatic rings. The van der Waals surface area contributed by atoms with Gasteiger partial charge in [0, 0.05) is 28.1 Å². The highest BCUT2D eigenvalue weighted by atomic mass is 35.6. The molecule has 1 unspecified atom stereocenters. The number of carbonyl (C=O) groups excluding carboxylic acids is 1. The van der Waals surface area contributed by atoms with Crippen LogP contribution in [0.3, 0.4) is 0 Å². The Labute approximate surface area is 227 Å². The molecule has 0 amide bonds. The number of carboxylic acid groups (broad SMARTS) is 1. The van der Waals surface area contributed by atoms with Crippen molar-refractivity contribution in [2.75, 3.05) is 5.75 Å². The van der Waals surface area contributed by atoms with Gasteiger partial charge < -0.3 is 9.90 Å². The van der Waals surface area contributed by atoms with E-state index in [9.17, 15) is 36.2 Å². The summed E-state index contributed by atoms with van der Waals surface area (Å²) in [4.78, 5) is 22.9. The molecule has 0 aliphatic heterocycles. The van der Waals surface area contributed by atoms with Crippen LogP contribution >= 0.6 is 81.4 Å². The fourth-order valence-electron chi connectivity index (χ4n) is 2.59. The molecule has 1 atom stereocenters. The second-order valence-corrected chi connectivity index (χ2v) is 12.3. The number of thioether (sulfide) groups is 1. The highest BCUT2D eigenvalue weighted by Gasteiger charge is 2.60. The smallest absolute Gasteiger partial charge is 0.401 e. The molecule has 0 aliphatic rings. The lowest BCUT2D eigenvalue weighted by Gasteiger charge is -2.31. The molecule has 0 saturated heterocycles. The SMILES string of the molecule is O=C([O-])C(CSc1ccc(-c2nc(C(Cl)(Cl)Cl)nc(C(Cl)(Cl)Cl)n2)cc1)C(C(F)(F)F)C(F)(F)F. The third-order valence-corrected chi connectivity index (χ3v) is 6.24. The predicted molar refractivity (Wildman–Crippen MR) is 119 cm³/mol. The Morgan fingerprint density at radius 3 is 1.60 bits per heavy atom. The minimum absolute atomic E-state index is 0.125. The molecule has 0 spiro atoms. The maximum absolute atomic E-state index is 12.9. The van der Waals surface area contributed by atoms with Gasteiger partial charge >= 0.3 is 12.4 Å². The van der Waals surface area contributed by atoms with Gasteiger partial charge in [0.05, 0.1) is 0 Å². The molecule has 194 valence electrons. The van der Waals surface area contributed by atoms with E-state index < -0.39 is 55.1 Å². The zero-order valence-electron chi connectivity index (χ0n) is 16.3. The fraction of sp³-hybridized carbons (Fsp3) is 0.412. The van der Waals surface area contributed by atoms with Crippen LogP contribution in [0.1, 0.15) is 11.6 Å². The summed E-state index contributed by atoms with van der Waals surface area (Å²) in [6, 6.07) is 5.13. The van der Waals surface area contributed by atoms with Gasteiger partial charge in [0.2, 0.25) is 7.59 Å². The number of alkyl halides is 12. The summed E-state index contributed by atoms with van der Waals surface area (Å²) in [7, 11) is 0. The third kappa shape index (κ3) is 8.44. The van der Waals surface area contributed by atoms with Crippen LogP contribution in [0, 0.1) is 11.8 Å². The number of aromatic nitrogens is 3. The monoisotopic (exact) mass is 642 g/mol. The number of carboxylic acids is 1. The number of hydrogen-bond donors (Lipinski definition) is 0. The Kier molecular flexibility index (Phi) is 9.62. The minimum Gasteiger partial charge on any atom is -0.550 e. The average molecular weight is 645 g/mol. The largest absolute Gasteiger partial charge is 0.550 e. The molecule has 1 aromatic carbocycles. The predicted octanol–water partition coefficient (Wildman–Crippen LogP) is 6.39. The Morgan fingerprint density at radius 1 is 0.829 bits per heavy atom. The van der Waals surface area contributed by atoms with Gasteiger partial charge in [-0.05, 0) is 12.1 Å². The lowest BCUT2D eigenvalue weighted by molar-refractivity contribution is -0.337. The topological polar surface area (TPSA) is 78.8 Å². The molecule has 1 aromatic heterocycles. The van der Waals surface area contributed by atoms with Crippen LogP contribution in [0.15, 0.2) is 29.2 Å². The van der Waals surface area contributed by atoms with Gasteiger partial charge in [-0.1, -0.05) is 81.7 Å². The summed E-state index contributed by atoms with van der Waals surface area (Å²) >= 11 is 35.1. The van der Waals surface area contributed by atoms with Crippen LogP contribution in [0.4, 0.5) is 26.3 Å². The summed E-state index contributed by atoms with van der Waals surface area (Å²) in [6.07, 6.45) is -11.7. The first-order valence-corrected chi connectivity index (χ1v) is 11.9. The van der Waals surface area contributed by atoms with E-state index in [1.54, 1.807) is 0 Å². The second-order valence-electron chi connectivity index (χ2n) is 6.62. The summed E-state index contributed by atoms with van der Waals surface area (Å²) < 4.78 is 73.3. The third-order valence-electron chi connectivity index (χ3n) is 4.09. The Morgan fingerprint density at radius 2 is 1.26 bits per heavy atom. The van der Waals surface area contributed by atoms with Gasteiger partial charge in [-0.15, -0.1) is 11.8 Å². The zero-order valence-corrected chi connectivity index (χ0v) is 21.6. The van der Waals surface area contributed by atoms with E-state index >= 15 is 0 Å². The van der Waals surface area contributed by atoms with E-state index in [1.807, 2.05) is 0 Å². The summed E-state index contributed by atoms with van der Waals surface area (Å²) in [5.74, 6) is -11.5. The molecule has 0 saturated carbocycles. The second kappa shape index (κ2) is 11.0. The molecule has 0 aliphatic carbocycles. The first kappa shape index (κ1) is 30.6. The molecule has 5 nitrogen and oxygen atoms in total. The van der Waals surface area contributed by atoms with Gasteiger partial charge in [0.25, 0.3) is 0 Å². The van der Waals surface area contributed by atoms with Crippen molar-refractivity contribution in [3.63, 3.8) is 0 Å². The maximum Gasteiger partial charge on any atom is 0.401 e. The zero-order chi connectivity index (χ0) is 27.0. The van der Waals surface area contributed by atoms with E-state index in [2.05, 4.69) is 15.0 Å². The van der Waals surface area contributed by atoms with E-state index in [0.29, 0.717) is 11.8 Å². The number of benzene rings is 1. The van der Waals surface area contributed by atoms with Crippen molar-refractivity contribution in [3.05, 3.63) is 35.9 Å². The van der Waals surface area contributed by atoms with Gasteiger partial charge in [-0.2, -0.15) is 26.3 Å². The van der Waals surface area contributed by atoms with Crippen molar-refractivity contribution in [2.45, 2.75) is 24.8 Å². The van der Waals surface area contributed by atoms with E-state index in [1.165, 1.54) is 24.3 Å². The van der Waals surface area contributed by atoms with Crippen molar-refractivity contribution in [1.82, 2.24) is 15.0 Å². The van der Waals surface area contributed by atoms with Crippen LogP contribution in [0.5, 0.6) is 0 Å². The highest BCUT2D eigenvalue weighted by Crippen LogP contribution is 2.45. The standard InChI is InChI=1S/C17H9Cl6F6N3O2S/c18-14(19,20)12-30-10(31-13(32-12)15(21,22)23)6-1-3-7(4-2-6)35-5-8(11(33)34)9(16(24,25)26)17(27,28)29/h1-4,8-9H,5H2,(H,33,34)/p-1. The van der Waals surface area contributed by atoms with Crippen molar-refractivity contribution in [2.24, 2.45) is 11.8 Å². The lowest BCUT2D eigenvalue weighted by atomic mass is 9.92. The number of hydrogen-bond acceptors (Lipinski definition) is 6. The normalized spacial score (nSPS) is 14.3. The Hall–Kier alpha value is -0.630. The average Bonchev–Trinajstić information content (AvgIpc) is 2.67. The van der Waals surface area contributed by atoms with Crippen LogP contribution < -0.4 is 5.11 Å². The van der Waals surface area contributed by atoms with Crippen LogP contribution in [-0.4, -0.2) is 39.0 Å². The molecular weight excluding hydrogens is 637 g/mol. The summed E-state index contributed by atoms with van der Waals surface area (Å²) in [5, 5.41) is 11.1. The van der Waals surface area contributed by atoms with E-state index in [4.69, 9.17) is 69.6 Å². The van der Waals surface area contributed by atoms with Crippen LogP contribution in [0.25, 0.3) is 11.4 Å². The first-order valence-electron chi connectivity index (χ1n) is 8.69. The van der Waals surface area contributed by atoms with Crippen LogP contribution in [0.2, 0.25) is 0 Å². The van der Waals surface area contributed by atoms with Crippen molar-refractivity contribution in [1.29, 1.82) is 0 Å². The van der Waals surface area contributed by atoms with Crippen molar-refractivity contribution >= 4 is 87.3 Å². The van der Waals surface area contributed by atoms with E-state index in [-0.39, 0.29) is 16.3 Å². The molecule has 1 heterocycles. The summed E-state index contributed by atoms with van der Waals surface area (Å²) in [6.45, 7) is 0. The van der Waals surface area contributed by atoms with E-state index in [0.717, 1.165) is 0 Å². The number of nitrogens with zero attached hydrogens (tertiary/aromatic N) is 3. The molecule has 18 heteroatoms. The Balaban J connectivity index is 2.33. The molecule has 0 radical (unpaired) electrons. The highest BCUT2D eigenvalue weighted by molar-refractivity contribution is 7.99. The minimum atomic E-state index is -5.84. The number of aliphatic carboxylic acids is 1. The molecule has 35 heavy (non-hydrogen) atoms. The maximum atomic E-state index is 12.9. The molecule has 0 fully saturated rings.